The summed E-state index contributed by atoms with van der Waals surface area (Å²) >= 11 is 1.31. The Morgan fingerprint density at radius 1 is 0.889 bits per heavy atom. The van der Waals surface area contributed by atoms with Crippen LogP contribution in [0.4, 0.5) is 18.9 Å². The molecule has 36 heavy (non-hydrogen) atoms. The van der Waals surface area contributed by atoms with Crippen molar-refractivity contribution in [2.45, 2.75) is 12.7 Å². The van der Waals surface area contributed by atoms with Crippen molar-refractivity contribution < 1.29 is 18.0 Å². The zero-order valence-corrected chi connectivity index (χ0v) is 19.4. The Kier molecular flexibility index (Phi) is 6.15. The number of aromatic nitrogens is 2. The molecule has 5 aromatic rings. The highest BCUT2D eigenvalue weighted by Crippen LogP contribution is 2.35. The molecule has 0 unspecified atom stereocenters. The standard InChI is InChI=1S/C27H18F3N3O2S/c28-27(29,30)21-8-4-5-9-22(21)32-23(34)14-33-16-31-25-24(26(33)35)20(15-36-25)19-12-10-18(11-13-19)17-6-2-1-3-7-17/h1-13,15-16H,14H2,(H,32,34). The molecule has 0 spiro atoms. The summed E-state index contributed by atoms with van der Waals surface area (Å²) < 4.78 is 40.8. The third-order valence-corrected chi connectivity index (χ3v) is 6.57. The van der Waals surface area contributed by atoms with E-state index < -0.39 is 29.8 Å². The van der Waals surface area contributed by atoms with Gasteiger partial charge in [-0.2, -0.15) is 13.2 Å². The highest BCUT2D eigenvalue weighted by molar-refractivity contribution is 7.17. The molecule has 0 saturated carbocycles. The zero-order chi connectivity index (χ0) is 25.3. The van der Waals surface area contributed by atoms with E-state index in [1.807, 2.05) is 60.0 Å². The monoisotopic (exact) mass is 505 g/mol. The number of anilines is 1. The van der Waals surface area contributed by atoms with Crippen molar-refractivity contribution in [3.05, 3.63) is 106 Å². The number of carbonyl (C=O) groups is 1. The van der Waals surface area contributed by atoms with E-state index in [0.717, 1.165) is 27.3 Å². The first-order valence-electron chi connectivity index (χ1n) is 10.9. The fourth-order valence-electron chi connectivity index (χ4n) is 3.95. The van der Waals surface area contributed by atoms with E-state index in [1.165, 1.54) is 35.9 Å². The van der Waals surface area contributed by atoms with Crippen molar-refractivity contribution >= 4 is 33.1 Å². The normalized spacial score (nSPS) is 11.5. The van der Waals surface area contributed by atoms with E-state index in [9.17, 15) is 22.8 Å². The number of nitrogens with zero attached hydrogens (tertiary/aromatic N) is 2. The van der Waals surface area contributed by atoms with E-state index in [4.69, 9.17) is 0 Å². The van der Waals surface area contributed by atoms with Crippen molar-refractivity contribution in [1.29, 1.82) is 0 Å². The molecule has 0 fully saturated rings. The van der Waals surface area contributed by atoms with Crippen molar-refractivity contribution in [2.75, 3.05) is 5.32 Å². The largest absolute Gasteiger partial charge is 0.418 e. The van der Waals surface area contributed by atoms with Gasteiger partial charge >= 0.3 is 6.18 Å². The molecule has 0 aliphatic carbocycles. The Balaban J connectivity index is 1.43. The van der Waals surface area contributed by atoms with Gasteiger partial charge in [-0.05, 0) is 28.8 Å². The number of alkyl halides is 3. The van der Waals surface area contributed by atoms with Gasteiger partial charge in [0.15, 0.2) is 0 Å². The smallest absolute Gasteiger partial charge is 0.324 e. The molecule has 0 saturated heterocycles. The predicted octanol–water partition coefficient (Wildman–Crippen LogP) is 6.45. The second kappa shape index (κ2) is 9.43. The Morgan fingerprint density at radius 2 is 1.53 bits per heavy atom. The molecule has 180 valence electrons. The molecule has 9 heteroatoms. The lowest BCUT2D eigenvalue weighted by atomic mass is 10.0. The molecule has 5 rings (SSSR count). The first kappa shape index (κ1) is 23.5. The molecule has 1 N–H and O–H groups in total. The van der Waals surface area contributed by atoms with Crippen LogP contribution < -0.4 is 10.9 Å². The quantitative estimate of drug-likeness (QED) is 0.299. The number of rotatable bonds is 5. The highest BCUT2D eigenvalue weighted by atomic mass is 32.1. The van der Waals surface area contributed by atoms with E-state index >= 15 is 0 Å². The van der Waals surface area contributed by atoms with Crippen LogP contribution in [0.3, 0.4) is 0 Å². The molecule has 0 bridgehead atoms. The molecular formula is C27H18F3N3O2S. The van der Waals surface area contributed by atoms with Crippen LogP contribution in [-0.2, 0) is 17.5 Å². The average molecular weight is 506 g/mol. The molecule has 0 atom stereocenters. The number of hydrogen-bond acceptors (Lipinski definition) is 4. The van der Waals surface area contributed by atoms with Crippen LogP contribution in [0, 0.1) is 0 Å². The number of benzene rings is 3. The van der Waals surface area contributed by atoms with Gasteiger partial charge in [-0.3, -0.25) is 14.2 Å². The zero-order valence-electron chi connectivity index (χ0n) is 18.6. The fraction of sp³-hybridized carbons (Fsp3) is 0.0741. The number of halogens is 3. The van der Waals surface area contributed by atoms with Gasteiger partial charge in [0, 0.05) is 10.9 Å². The summed E-state index contributed by atoms with van der Waals surface area (Å²) in [6, 6.07) is 22.3. The summed E-state index contributed by atoms with van der Waals surface area (Å²) in [5, 5.41) is 4.45. The lowest BCUT2D eigenvalue weighted by Gasteiger charge is -2.14. The van der Waals surface area contributed by atoms with Crippen molar-refractivity contribution in [3.63, 3.8) is 0 Å². The van der Waals surface area contributed by atoms with Crippen LogP contribution in [0.2, 0.25) is 0 Å². The van der Waals surface area contributed by atoms with Gasteiger partial charge in [-0.25, -0.2) is 4.98 Å². The minimum Gasteiger partial charge on any atom is -0.324 e. The number of fused-ring (bicyclic) bond motifs is 1. The summed E-state index contributed by atoms with van der Waals surface area (Å²) in [6.07, 6.45) is -3.39. The molecular weight excluding hydrogens is 487 g/mol. The lowest BCUT2D eigenvalue weighted by molar-refractivity contribution is -0.137. The van der Waals surface area contributed by atoms with Gasteiger partial charge in [-0.1, -0.05) is 66.7 Å². The van der Waals surface area contributed by atoms with E-state index in [2.05, 4.69) is 10.3 Å². The van der Waals surface area contributed by atoms with E-state index in [0.29, 0.717) is 15.8 Å². The van der Waals surface area contributed by atoms with Crippen molar-refractivity contribution in [2.24, 2.45) is 0 Å². The van der Waals surface area contributed by atoms with Gasteiger partial charge in [0.1, 0.15) is 11.4 Å². The third-order valence-electron chi connectivity index (χ3n) is 5.68. The van der Waals surface area contributed by atoms with Crippen LogP contribution in [0.15, 0.2) is 95.4 Å². The average Bonchev–Trinajstić information content (AvgIpc) is 3.31. The highest BCUT2D eigenvalue weighted by Gasteiger charge is 2.33. The SMILES string of the molecule is O=C(Cn1cnc2scc(-c3ccc(-c4ccccc4)cc3)c2c1=O)Nc1ccccc1C(F)(F)F. The van der Waals surface area contributed by atoms with E-state index in [-0.39, 0.29) is 5.69 Å². The summed E-state index contributed by atoms with van der Waals surface area (Å²) in [6.45, 7) is -0.476. The van der Waals surface area contributed by atoms with Crippen LogP contribution in [-0.4, -0.2) is 15.5 Å². The number of para-hydroxylation sites is 1. The molecule has 2 aromatic heterocycles. The topological polar surface area (TPSA) is 64.0 Å². The van der Waals surface area contributed by atoms with Crippen LogP contribution >= 0.6 is 11.3 Å². The van der Waals surface area contributed by atoms with Gasteiger partial charge in [-0.15, -0.1) is 11.3 Å². The maximum absolute atomic E-state index is 13.3. The summed E-state index contributed by atoms with van der Waals surface area (Å²) in [7, 11) is 0. The first-order chi connectivity index (χ1) is 17.3. The van der Waals surface area contributed by atoms with Crippen molar-refractivity contribution in [1.82, 2.24) is 9.55 Å². The maximum atomic E-state index is 13.3. The molecule has 0 radical (unpaired) electrons. The molecule has 2 heterocycles. The van der Waals surface area contributed by atoms with E-state index in [1.54, 1.807) is 0 Å². The van der Waals surface area contributed by atoms with Crippen LogP contribution in [0.25, 0.3) is 32.5 Å². The number of amides is 1. The minimum absolute atomic E-state index is 0.360. The van der Waals surface area contributed by atoms with Gasteiger partial charge in [0.05, 0.1) is 23.0 Å². The Labute approximate surface area is 207 Å². The first-order valence-corrected chi connectivity index (χ1v) is 11.8. The third kappa shape index (κ3) is 4.65. The fourth-order valence-corrected chi connectivity index (χ4v) is 4.86. The summed E-state index contributed by atoms with van der Waals surface area (Å²) in [5.74, 6) is -0.765. The Morgan fingerprint density at radius 3 is 2.25 bits per heavy atom. The minimum atomic E-state index is -4.62. The second-order valence-electron chi connectivity index (χ2n) is 8.04. The predicted molar refractivity (Wildman–Crippen MR) is 135 cm³/mol. The van der Waals surface area contributed by atoms with Crippen LogP contribution in [0.1, 0.15) is 5.56 Å². The van der Waals surface area contributed by atoms with Gasteiger partial charge < -0.3 is 5.32 Å². The Hall–Kier alpha value is -4.24. The van der Waals surface area contributed by atoms with Gasteiger partial charge in [0.2, 0.25) is 5.91 Å². The maximum Gasteiger partial charge on any atom is 0.418 e. The molecule has 0 aliphatic rings. The molecule has 1 amide bonds. The lowest BCUT2D eigenvalue weighted by Crippen LogP contribution is -2.28. The summed E-state index contributed by atoms with van der Waals surface area (Å²) in [5.41, 5.74) is 1.84. The molecule has 3 aromatic carbocycles. The number of nitrogens with one attached hydrogen (secondary N) is 1. The van der Waals surface area contributed by atoms with Crippen molar-refractivity contribution in [3.8, 4) is 22.3 Å². The second-order valence-corrected chi connectivity index (χ2v) is 8.90. The molecule has 5 nitrogen and oxygen atoms in total. The number of thiophene rings is 1. The molecule has 0 aliphatic heterocycles. The van der Waals surface area contributed by atoms with Gasteiger partial charge in [0.25, 0.3) is 5.56 Å². The van der Waals surface area contributed by atoms with Crippen LogP contribution in [0.5, 0.6) is 0 Å². The Bertz CT molecular complexity index is 1610. The number of hydrogen-bond donors (Lipinski definition) is 1. The summed E-state index contributed by atoms with van der Waals surface area (Å²) in [4.78, 5) is 30.6. The number of carbonyl (C=O) groups excluding carboxylic acids is 1.